The molecule has 11 rings (SSSR count). The lowest BCUT2D eigenvalue weighted by Crippen LogP contribution is -2.19. The third kappa shape index (κ3) is 3.18. The van der Waals surface area contributed by atoms with Gasteiger partial charge in [0.15, 0.2) is 0 Å². The molecule has 9 aromatic rings. The average Bonchev–Trinajstić information content (AvgIpc) is 3.72. The molecule has 0 saturated carbocycles. The summed E-state index contributed by atoms with van der Waals surface area (Å²) >= 11 is 0. The van der Waals surface area contributed by atoms with Gasteiger partial charge in [-0.05, 0) is 82.9 Å². The smallest absolute Gasteiger partial charge is 0.0783 e. The summed E-state index contributed by atoms with van der Waals surface area (Å²) in [5.41, 5.74) is 16.3. The molecule has 3 heterocycles. The fraction of sp³-hybridized carbons (Fsp3) is 0.0667. The van der Waals surface area contributed by atoms with Crippen LogP contribution in [-0.2, 0) is 5.41 Å². The van der Waals surface area contributed by atoms with Crippen LogP contribution in [0.2, 0.25) is 0 Å². The van der Waals surface area contributed by atoms with Crippen LogP contribution in [0.4, 0.5) is 17.1 Å². The number of aromatic nitrogens is 2. The lowest BCUT2D eigenvalue weighted by Gasteiger charge is -2.34. The van der Waals surface area contributed by atoms with E-state index in [1.165, 1.54) is 94.3 Å². The van der Waals surface area contributed by atoms with E-state index in [-0.39, 0.29) is 5.41 Å². The minimum Gasteiger partial charge on any atom is -0.309 e. The Morgan fingerprint density at radius 2 is 1.04 bits per heavy atom. The third-order valence-electron chi connectivity index (χ3n) is 11.0. The Morgan fingerprint density at radius 1 is 0.396 bits per heavy atom. The van der Waals surface area contributed by atoms with Gasteiger partial charge in [0.05, 0.1) is 39.1 Å². The molecule has 2 aliphatic rings. The highest BCUT2D eigenvalue weighted by Gasteiger charge is 2.36. The Kier molecular flexibility index (Phi) is 4.91. The summed E-state index contributed by atoms with van der Waals surface area (Å²) in [5, 5.41) is 5.07. The second kappa shape index (κ2) is 9.05. The number of rotatable bonds is 2. The van der Waals surface area contributed by atoms with Gasteiger partial charge >= 0.3 is 0 Å². The first-order valence-electron chi connectivity index (χ1n) is 16.8. The first-order chi connectivity index (χ1) is 23.6. The van der Waals surface area contributed by atoms with Gasteiger partial charge in [-0.1, -0.05) is 105 Å². The minimum absolute atomic E-state index is 0.0698. The van der Waals surface area contributed by atoms with Crippen LogP contribution in [0.5, 0.6) is 0 Å². The summed E-state index contributed by atoms with van der Waals surface area (Å²) in [6.45, 7) is 4.72. The Labute approximate surface area is 278 Å². The molecule has 3 heteroatoms. The quantitative estimate of drug-likeness (QED) is 0.189. The normalized spacial score (nSPS) is 14.2. The number of anilines is 3. The number of para-hydroxylation sites is 5. The van der Waals surface area contributed by atoms with Gasteiger partial charge in [0, 0.05) is 38.3 Å². The molecule has 0 amide bonds. The van der Waals surface area contributed by atoms with Gasteiger partial charge < -0.3 is 14.0 Å². The van der Waals surface area contributed by atoms with Crippen molar-refractivity contribution in [1.29, 1.82) is 0 Å². The summed E-state index contributed by atoms with van der Waals surface area (Å²) < 4.78 is 4.92. The van der Waals surface area contributed by atoms with Crippen molar-refractivity contribution >= 4 is 60.7 Å². The maximum atomic E-state index is 2.51. The topological polar surface area (TPSA) is 13.1 Å². The maximum absolute atomic E-state index is 2.51. The van der Waals surface area contributed by atoms with Gasteiger partial charge in [0.25, 0.3) is 0 Å². The zero-order valence-electron chi connectivity index (χ0n) is 26.8. The molecule has 3 nitrogen and oxygen atoms in total. The van der Waals surface area contributed by atoms with Gasteiger partial charge in [0.1, 0.15) is 0 Å². The predicted octanol–water partition coefficient (Wildman–Crippen LogP) is 12.0. The van der Waals surface area contributed by atoms with E-state index >= 15 is 0 Å². The predicted molar refractivity (Wildman–Crippen MR) is 201 cm³/mol. The fourth-order valence-corrected chi connectivity index (χ4v) is 8.88. The number of benzene rings is 7. The summed E-state index contributed by atoms with van der Waals surface area (Å²) in [6, 6.07) is 56.1. The van der Waals surface area contributed by atoms with E-state index < -0.39 is 0 Å². The Balaban J connectivity index is 1.22. The molecular formula is C45H31N3. The number of nitrogens with zero attached hydrogens (tertiary/aromatic N) is 3. The Bertz CT molecular complexity index is 2810. The summed E-state index contributed by atoms with van der Waals surface area (Å²) in [7, 11) is 0. The van der Waals surface area contributed by atoms with Crippen molar-refractivity contribution < 1.29 is 0 Å². The van der Waals surface area contributed by atoms with Gasteiger partial charge in [-0.2, -0.15) is 0 Å². The summed E-state index contributed by atoms with van der Waals surface area (Å²) in [6.07, 6.45) is 0. The van der Waals surface area contributed by atoms with Crippen LogP contribution in [0.15, 0.2) is 152 Å². The van der Waals surface area contributed by atoms with E-state index in [1.54, 1.807) is 0 Å². The van der Waals surface area contributed by atoms with Crippen LogP contribution >= 0.6 is 0 Å². The molecule has 226 valence electrons. The van der Waals surface area contributed by atoms with Crippen LogP contribution in [0.3, 0.4) is 0 Å². The monoisotopic (exact) mass is 613 g/mol. The van der Waals surface area contributed by atoms with Gasteiger partial charge in [0.2, 0.25) is 0 Å². The van der Waals surface area contributed by atoms with E-state index in [0.717, 1.165) is 0 Å². The van der Waals surface area contributed by atoms with Crippen molar-refractivity contribution in [1.82, 2.24) is 9.13 Å². The zero-order valence-corrected chi connectivity index (χ0v) is 26.8. The van der Waals surface area contributed by atoms with Gasteiger partial charge in [-0.15, -0.1) is 0 Å². The third-order valence-corrected chi connectivity index (χ3v) is 11.0. The van der Waals surface area contributed by atoms with E-state index in [1.807, 2.05) is 0 Å². The highest BCUT2D eigenvalue weighted by atomic mass is 15.2. The molecule has 48 heavy (non-hydrogen) atoms. The summed E-state index contributed by atoms with van der Waals surface area (Å²) in [4.78, 5) is 2.48. The van der Waals surface area contributed by atoms with Crippen molar-refractivity contribution in [2.45, 2.75) is 19.3 Å². The second-order valence-electron chi connectivity index (χ2n) is 13.8. The fourth-order valence-electron chi connectivity index (χ4n) is 8.88. The first-order valence-corrected chi connectivity index (χ1v) is 16.8. The molecule has 0 bridgehead atoms. The molecule has 0 radical (unpaired) electrons. The van der Waals surface area contributed by atoms with Crippen molar-refractivity contribution in [3.05, 3.63) is 163 Å². The molecule has 0 unspecified atom stereocenters. The van der Waals surface area contributed by atoms with E-state index in [9.17, 15) is 0 Å². The largest absolute Gasteiger partial charge is 0.309 e. The van der Waals surface area contributed by atoms with Crippen molar-refractivity contribution in [2.24, 2.45) is 0 Å². The van der Waals surface area contributed by atoms with Crippen molar-refractivity contribution in [2.75, 3.05) is 4.90 Å². The Hall–Kier alpha value is -6.06. The number of hydrogen-bond donors (Lipinski definition) is 0. The molecule has 0 atom stereocenters. The van der Waals surface area contributed by atoms with Crippen LogP contribution in [0, 0.1) is 0 Å². The molecule has 0 fully saturated rings. The molecule has 2 aromatic heterocycles. The molecule has 7 aromatic carbocycles. The van der Waals surface area contributed by atoms with Crippen LogP contribution in [0.1, 0.15) is 25.0 Å². The first kappa shape index (κ1) is 26.1. The molecule has 0 saturated heterocycles. The lowest BCUT2D eigenvalue weighted by molar-refractivity contribution is 0.660. The van der Waals surface area contributed by atoms with E-state index in [4.69, 9.17) is 0 Å². The Morgan fingerprint density at radius 3 is 1.92 bits per heavy atom. The van der Waals surface area contributed by atoms with Crippen LogP contribution < -0.4 is 4.90 Å². The highest BCUT2D eigenvalue weighted by molar-refractivity contribution is 6.22. The minimum atomic E-state index is -0.0698. The lowest BCUT2D eigenvalue weighted by atomic mass is 9.82. The van der Waals surface area contributed by atoms with Crippen LogP contribution in [-0.4, -0.2) is 9.13 Å². The SMILES string of the molecule is CC1(C)c2ccccc2-c2ccc(N3c4ccccc4-n4c5cc6c7ccccc7n(-c7ccccc7)c6cc5c5cccc3c54)cc21. The van der Waals surface area contributed by atoms with Crippen molar-refractivity contribution in [3.8, 4) is 22.5 Å². The maximum Gasteiger partial charge on any atom is 0.0783 e. The standard InChI is InChI=1S/C45H31N3/c1-45(2)36-18-8-6-15-30(36)31-24-23-29(25-37(31)45)47-39-20-10-11-21-40(39)48-43-26-34-32-16-7-9-19-38(32)46(28-13-4-3-5-14-28)42(34)27-35(43)33-17-12-22-41(47)44(33)48/h3-27H,1-2H3. The highest BCUT2D eigenvalue weighted by Crippen LogP contribution is 2.54. The number of hydrogen-bond acceptors (Lipinski definition) is 1. The molecule has 0 spiro atoms. The molecule has 1 aliphatic carbocycles. The van der Waals surface area contributed by atoms with E-state index in [2.05, 4.69) is 180 Å². The summed E-state index contributed by atoms with van der Waals surface area (Å²) in [5.74, 6) is 0. The van der Waals surface area contributed by atoms with E-state index in [0.29, 0.717) is 0 Å². The number of fused-ring (bicyclic) bond motifs is 11. The molecule has 0 N–H and O–H groups in total. The van der Waals surface area contributed by atoms with Crippen molar-refractivity contribution in [3.63, 3.8) is 0 Å². The van der Waals surface area contributed by atoms with Gasteiger partial charge in [-0.3, -0.25) is 0 Å². The molecule has 1 aliphatic heterocycles. The van der Waals surface area contributed by atoms with Gasteiger partial charge in [-0.25, -0.2) is 0 Å². The second-order valence-corrected chi connectivity index (χ2v) is 13.8. The average molecular weight is 614 g/mol. The van der Waals surface area contributed by atoms with Crippen LogP contribution in [0.25, 0.3) is 66.1 Å². The zero-order chi connectivity index (χ0) is 31.7. The molecular weight excluding hydrogens is 583 g/mol.